The predicted octanol–water partition coefficient (Wildman–Crippen LogP) is 4.19. The quantitative estimate of drug-likeness (QED) is 0.791. The molecule has 0 radical (unpaired) electrons. The molecule has 0 unspecified atom stereocenters. The van der Waals surface area contributed by atoms with Gasteiger partial charge in [0.15, 0.2) is 4.73 Å². The third-order valence-corrected chi connectivity index (χ3v) is 2.75. The van der Waals surface area contributed by atoms with E-state index in [0.717, 1.165) is 22.5 Å². The highest BCUT2D eigenvalue weighted by molar-refractivity contribution is 9.10. The maximum atomic E-state index is 4.41. The fourth-order valence-electron chi connectivity index (χ4n) is 1.63. The van der Waals surface area contributed by atoms with Crippen molar-refractivity contribution >= 4 is 28.1 Å². The average Bonchev–Trinajstić information content (AvgIpc) is 2.38. The molecule has 0 N–H and O–H groups in total. The summed E-state index contributed by atoms with van der Waals surface area (Å²) in [5.74, 6) is 0. The summed E-state index contributed by atoms with van der Waals surface area (Å²) < 4.78 is 0.553. The van der Waals surface area contributed by atoms with Crippen LogP contribution in [0.2, 0.25) is 0 Å². The lowest BCUT2D eigenvalue weighted by Crippen LogP contribution is -1.96. The Balaban J connectivity index is 2.72. The minimum atomic E-state index is 0.553. The molecule has 3 heteroatoms. The van der Waals surface area contributed by atoms with E-state index in [-0.39, 0.29) is 0 Å². The van der Waals surface area contributed by atoms with Crippen molar-refractivity contribution in [3.8, 4) is 11.3 Å². The van der Waals surface area contributed by atoms with E-state index in [1.165, 1.54) is 0 Å². The highest BCUT2D eigenvalue weighted by atomic mass is 79.9. The van der Waals surface area contributed by atoms with Gasteiger partial charge in [0.05, 0.1) is 11.4 Å². The van der Waals surface area contributed by atoms with Crippen molar-refractivity contribution in [1.29, 1.82) is 0 Å². The van der Waals surface area contributed by atoms with Gasteiger partial charge < -0.3 is 0 Å². The van der Waals surface area contributed by atoms with Gasteiger partial charge in [0.25, 0.3) is 0 Å². The summed E-state index contributed by atoms with van der Waals surface area (Å²) in [4.78, 5) is 8.67. The second-order valence-electron chi connectivity index (χ2n) is 3.41. The maximum absolute atomic E-state index is 4.41. The molecule has 1 aromatic carbocycles. The van der Waals surface area contributed by atoms with Crippen LogP contribution in [0.25, 0.3) is 23.4 Å². The zero-order chi connectivity index (χ0) is 12.3. The topological polar surface area (TPSA) is 25.8 Å². The van der Waals surface area contributed by atoms with E-state index in [9.17, 15) is 0 Å². The highest BCUT2D eigenvalue weighted by Gasteiger charge is 2.10. The van der Waals surface area contributed by atoms with Crippen LogP contribution in [0.15, 0.2) is 48.2 Å². The Morgan fingerprint density at radius 3 is 2.29 bits per heavy atom. The molecule has 0 bridgehead atoms. The van der Waals surface area contributed by atoms with Gasteiger partial charge in [0.2, 0.25) is 0 Å². The Hall–Kier alpha value is -1.74. The minimum Gasteiger partial charge on any atom is -0.222 e. The Labute approximate surface area is 109 Å². The van der Waals surface area contributed by atoms with Crippen molar-refractivity contribution in [1.82, 2.24) is 9.97 Å². The van der Waals surface area contributed by atoms with Crippen molar-refractivity contribution in [2.24, 2.45) is 0 Å². The molecule has 0 aliphatic rings. The first kappa shape index (κ1) is 11.7. The first-order valence-electron chi connectivity index (χ1n) is 5.14. The second-order valence-corrected chi connectivity index (χ2v) is 4.12. The van der Waals surface area contributed by atoms with Crippen molar-refractivity contribution in [2.45, 2.75) is 0 Å². The molecule has 0 amide bonds. The molecule has 0 saturated carbocycles. The number of halogens is 1. The van der Waals surface area contributed by atoms with Crippen LogP contribution in [0.5, 0.6) is 0 Å². The standard InChI is InChI=1S/C14H11BrN2/c1-3-11-12(4-2)16-14(15)17-13(11)10-8-6-5-7-9-10/h3-9H,1-2H2. The fraction of sp³-hybridized carbons (Fsp3) is 0. The Morgan fingerprint density at radius 2 is 1.71 bits per heavy atom. The molecule has 1 aromatic heterocycles. The summed E-state index contributed by atoms with van der Waals surface area (Å²) in [6, 6.07) is 9.95. The zero-order valence-corrected chi connectivity index (χ0v) is 10.8. The van der Waals surface area contributed by atoms with E-state index in [1.807, 2.05) is 30.3 Å². The molecule has 2 nitrogen and oxygen atoms in total. The molecule has 0 aliphatic carbocycles. The van der Waals surface area contributed by atoms with E-state index >= 15 is 0 Å². The van der Waals surface area contributed by atoms with Crippen LogP contribution < -0.4 is 0 Å². The van der Waals surface area contributed by atoms with Gasteiger partial charge in [0, 0.05) is 11.1 Å². The maximum Gasteiger partial charge on any atom is 0.197 e. The molecule has 17 heavy (non-hydrogen) atoms. The van der Waals surface area contributed by atoms with Crippen LogP contribution in [0, 0.1) is 0 Å². The lowest BCUT2D eigenvalue weighted by Gasteiger charge is -2.08. The van der Waals surface area contributed by atoms with Gasteiger partial charge >= 0.3 is 0 Å². The third kappa shape index (κ3) is 2.34. The lowest BCUT2D eigenvalue weighted by molar-refractivity contribution is 1.09. The average molecular weight is 287 g/mol. The zero-order valence-electron chi connectivity index (χ0n) is 9.23. The van der Waals surface area contributed by atoms with E-state index in [1.54, 1.807) is 12.2 Å². The summed E-state index contributed by atoms with van der Waals surface area (Å²) >= 11 is 3.31. The van der Waals surface area contributed by atoms with Crippen LogP contribution in [0.3, 0.4) is 0 Å². The summed E-state index contributed by atoms with van der Waals surface area (Å²) in [6.07, 6.45) is 3.46. The summed E-state index contributed by atoms with van der Waals surface area (Å²) in [5.41, 5.74) is 3.57. The molecule has 2 aromatic rings. The first-order valence-corrected chi connectivity index (χ1v) is 5.93. The van der Waals surface area contributed by atoms with Crippen LogP contribution >= 0.6 is 15.9 Å². The number of nitrogens with zero attached hydrogens (tertiary/aromatic N) is 2. The SMILES string of the molecule is C=Cc1nc(Br)nc(-c2ccccc2)c1C=C. The van der Waals surface area contributed by atoms with Gasteiger partial charge in [-0.3, -0.25) is 0 Å². The minimum absolute atomic E-state index is 0.553. The van der Waals surface area contributed by atoms with Gasteiger partial charge in [-0.1, -0.05) is 49.6 Å². The van der Waals surface area contributed by atoms with Crippen molar-refractivity contribution < 1.29 is 0 Å². The fourth-order valence-corrected chi connectivity index (χ4v) is 2.00. The molecule has 1 heterocycles. The molecule has 0 spiro atoms. The van der Waals surface area contributed by atoms with E-state index in [2.05, 4.69) is 39.1 Å². The summed E-state index contributed by atoms with van der Waals surface area (Å²) in [7, 11) is 0. The van der Waals surface area contributed by atoms with Gasteiger partial charge in [-0.25, -0.2) is 9.97 Å². The van der Waals surface area contributed by atoms with Gasteiger partial charge in [0.1, 0.15) is 0 Å². The van der Waals surface area contributed by atoms with Gasteiger partial charge in [-0.05, 0) is 22.0 Å². The number of hydrogen-bond donors (Lipinski definition) is 0. The summed E-state index contributed by atoms with van der Waals surface area (Å²) in [6.45, 7) is 7.57. The molecule has 0 aliphatic heterocycles. The monoisotopic (exact) mass is 286 g/mol. The van der Waals surface area contributed by atoms with Crippen LogP contribution in [0.4, 0.5) is 0 Å². The first-order chi connectivity index (χ1) is 8.26. The molecule has 2 rings (SSSR count). The van der Waals surface area contributed by atoms with Crippen molar-refractivity contribution in [3.05, 3.63) is 59.5 Å². The number of hydrogen-bond acceptors (Lipinski definition) is 2. The van der Waals surface area contributed by atoms with Crippen LogP contribution in [-0.4, -0.2) is 9.97 Å². The van der Waals surface area contributed by atoms with E-state index in [0.29, 0.717) is 4.73 Å². The van der Waals surface area contributed by atoms with Gasteiger partial charge in [-0.2, -0.15) is 0 Å². The van der Waals surface area contributed by atoms with Crippen LogP contribution in [-0.2, 0) is 0 Å². The Kier molecular flexibility index (Phi) is 3.49. The highest BCUT2D eigenvalue weighted by Crippen LogP contribution is 2.26. The smallest absolute Gasteiger partial charge is 0.197 e. The molecule has 0 atom stereocenters. The molecule has 0 fully saturated rings. The molecular weight excluding hydrogens is 276 g/mol. The number of rotatable bonds is 3. The Bertz CT molecular complexity index is 562. The van der Waals surface area contributed by atoms with Crippen LogP contribution in [0.1, 0.15) is 11.3 Å². The van der Waals surface area contributed by atoms with Crippen molar-refractivity contribution in [2.75, 3.05) is 0 Å². The molecular formula is C14H11BrN2. The van der Waals surface area contributed by atoms with Crippen molar-refractivity contribution in [3.63, 3.8) is 0 Å². The largest absolute Gasteiger partial charge is 0.222 e. The third-order valence-electron chi connectivity index (χ3n) is 2.39. The van der Waals surface area contributed by atoms with E-state index in [4.69, 9.17) is 0 Å². The molecule has 0 saturated heterocycles. The summed E-state index contributed by atoms with van der Waals surface area (Å²) in [5, 5.41) is 0. The number of aromatic nitrogens is 2. The second kappa shape index (κ2) is 5.06. The molecule has 84 valence electrons. The normalized spacial score (nSPS) is 9.94. The predicted molar refractivity (Wildman–Crippen MR) is 75.4 cm³/mol. The lowest BCUT2D eigenvalue weighted by atomic mass is 10.0. The Morgan fingerprint density at radius 1 is 1.00 bits per heavy atom. The number of benzene rings is 1. The van der Waals surface area contributed by atoms with E-state index < -0.39 is 0 Å². The van der Waals surface area contributed by atoms with Gasteiger partial charge in [-0.15, -0.1) is 0 Å².